The van der Waals surface area contributed by atoms with Gasteiger partial charge in [0.25, 0.3) is 0 Å². The van der Waals surface area contributed by atoms with E-state index < -0.39 is 0 Å². The van der Waals surface area contributed by atoms with E-state index >= 15 is 0 Å². The molecule has 0 radical (unpaired) electrons. The van der Waals surface area contributed by atoms with E-state index in [0.717, 1.165) is 23.5 Å². The SMILES string of the molecule is Cc1ccnc(N(CCBr)C(C)C)n1. The van der Waals surface area contributed by atoms with Crippen molar-refractivity contribution in [3.8, 4) is 0 Å². The van der Waals surface area contributed by atoms with E-state index in [1.807, 2.05) is 13.0 Å². The molecule has 1 aromatic heterocycles. The second-order valence-electron chi connectivity index (χ2n) is 3.47. The molecule has 14 heavy (non-hydrogen) atoms. The quantitative estimate of drug-likeness (QED) is 0.776. The van der Waals surface area contributed by atoms with E-state index in [1.165, 1.54) is 0 Å². The third-order valence-electron chi connectivity index (χ3n) is 1.99. The number of rotatable bonds is 4. The Bertz CT molecular complexity index is 288. The molecule has 0 saturated heterocycles. The maximum Gasteiger partial charge on any atom is 0.225 e. The van der Waals surface area contributed by atoms with E-state index in [2.05, 4.69) is 44.6 Å². The predicted octanol–water partition coefficient (Wildman–Crippen LogP) is 2.39. The van der Waals surface area contributed by atoms with E-state index in [9.17, 15) is 0 Å². The first-order valence-electron chi connectivity index (χ1n) is 4.77. The summed E-state index contributed by atoms with van der Waals surface area (Å²) in [5, 5.41) is 0.933. The molecule has 0 bridgehead atoms. The van der Waals surface area contributed by atoms with Crippen molar-refractivity contribution in [1.82, 2.24) is 9.97 Å². The second-order valence-corrected chi connectivity index (χ2v) is 4.27. The first-order chi connectivity index (χ1) is 6.65. The lowest BCUT2D eigenvalue weighted by atomic mass is 10.3. The highest BCUT2D eigenvalue weighted by molar-refractivity contribution is 9.09. The van der Waals surface area contributed by atoms with Crippen LogP contribution in [0.4, 0.5) is 5.95 Å². The first kappa shape index (κ1) is 11.4. The number of aryl methyl sites for hydroxylation is 1. The maximum atomic E-state index is 4.41. The van der Waals surface area contributed by atoms with E-state index in [-0.39, 0.29) is 0 Å². The van der Waals surface area contributed by atoms with Gasteiger partial charge in [-0.15, -0.1) is 0 Å². The van der Waals surface area contributed by atoms with Gasteiger partial charge in [0.05, 0.1) is 0 Å². The van der Waals surface area contributed by atoms with Crippen molar-refractivity contribution in [3.05, 3.63) is 18.0 Å². The monoisotopic (exact) mass is 257 g/mol. The van der Waals surface area contributed by atoms with Crippen LogP contribution >= 0.6 is 15.9 Å². The Labute approximate surface area is 93.7 Å². The molecule has 4 heteroatoms. The third-order valence-corrected chi connectivity index (χ3v) is 2.34. The van der Waals surface area contributed by atoms with Gasteiger partial charge in [-0.25, -0.2) is 9.97 Å². The molecule has 0 N–H and O–H groups in total. The van der Waals surface area contributed by atoms with Crippen molar-refractivity contribution in [2.24, 2.45) is 0 Å². The molecule has 78 valence electrons. The smallest absolute Gasteiger partial charge is 0.225 e. The summed E-state index contributed by atoms with van der Waals surface area (Å²) in [7, 11) is 0. The molecule has 0 aliphatic heterocycles. The summed E-state index contributed by atoms with van der Waals surface area (Å²) < 4.78 is 0. The lowest BCUT2D eigenvalue weighted by Gasteiger charge is -2.25. The minimum atomic E-state index is 0.425. The van der Waals surface area contributed by atoms with Crippen molar-refractivity contribution in [2.75, 3.05) is 16.8 Å². The van der Waals surface area contributed by atoms with Crippen molar-refractivity contribution >= 4 is 21.9 Å². The van der Waals surface area contributed by atoms with Crippen LogP contribution in [-0.4, -0.2) is 27.9 Å². The maximum absolute atomic E-state index is 4.41. The van der Waals surface area contributed by atoms with Crippen LogP contribution in [0.25, 0.3) is 0 Å². The average Bonchev–Trinajstić information content (AvgIpc) is 2.13. The Morgan fingerprint density at radius 1 is 1.50 bits per heavy atom. The third kappa shape index (κ3) is 2.94. The van der Waals surface area contributed by atoms with E-state index in [0.29, 0.717) is 6.04 Å². The van der Waals surface area contributed by atoms with Crippen LogP contribution in [0, 0.1) is 6.92 Å². The number of nitrogens with zero attached hydrogens (tertiary/aromatic N) is 3. The van der Waals surface area contributed by atoms with Gasteiger partial charge in [-0.05, 0) is 26.8 Å². The molecular weight excluding hydrogens is 242 g/mol. The summed E-state index contributed by atoms with van der Waals surface area (Å²) in [4.78, 5) is 10.9. The number of aromatic nitrogens is 2. The molecule has 1 heterocycles. The molecule has 0 spiro atoms. The molecular formula is C10H16BrN3. The number of anilines is 1. The van der Waals surface area contributed by atoms with Gasteiger partial charge in [0.2, 0.25) is 5.95 Å². The summed E-state index contributed by atoms with van der Waals surface area (Å²) in [6.45, 7) is 7.21. The second kappa shape index (κ2) is 5.29. The van der Waals surface area contributed by atoms with Crippen LogP contribution in [0.5, 0.6) is 0 Å². The summed E-state index contributed by atoms with van der Waals surface area (Å²) in [5.41, 5.74) is 1.01. The Kier molecular flexibility index (Phi) is 4.32. The van der Waals surface area contributed by atoms with E-state index in [1.54, 1.807) is 6.20 Å². The number of hydrogen-bond acceptors (Lipinski definition) is 3. The van der Waals surface area contributed by atoms with Crippen LogP contribution in [0.1, 0.15) is 19.5 Å². The highest BCUT2D eigenvalue weighted by Crippen LogP contribution is 2.11. The Hall–Kier alpha value is -0.640. The molecule has 1 aromatic rings. The van der Waals surface area contributed by atoms with Crippen molar-refractivity contribution in [2.45, 2.75) is 26.8 Å². The zero-order chi connectivity index (χ0) is 10.6. The lowest BCUT2D eigenvalue weighted by Crippen LogP contribution is -2.34. The minimum Gasteiger partial charge on any atom is -0.338 e. The van der Waals surface area contributed by atoms with Crippen LogP contribution in [0.3, 0.4) is 0 Å². The summed E-state index contributed by atoms with van der Waals surface area (Å²) in [6.07, 6.45) is 1.81. The highest BCUT2D eigenvalue weighted by Gasteiger charge is 2.11. The predicted molar refractivity (Wildman–Crippen MR) is 63.0 cm³/mol. The Balaban J connectivity index is 2.87. The molecule has 0 fully saturated rings. The molecule has 3 nitrogen and oxygen atoms in total. The number of halogens is 1. The van der Waals surface area contributed by atoms with Gasteiger partial charge in [-0.2, -0.15) is 0 Å². The van der Waals surface area contributed by atoms with Crippen molar-refractivity contribution in [1.29, 1.82) is 0 Å². The Morgan fingerprint density at radius 3 is 2.71 bits per heavy atom. The molecule has 0 unspecified atom stereocenters. The average molecular weight is 258 g/mol. The van der Waals surface area contributed by atoms with Crippen molar-refractivity contribution in [3.63, 3.8) is 0 Å². The fourth-order valence-corrected chi connectivity index (χ4v) is 1.64. The van der Waals surface area contributed by atoms with Gasteiger partial charge in [0.1, 0.15) is 0 Å². The van der Waals surface area contributed by atoms with Crippen LogP contribution in [0.15, 0.2) is 12.3 Å². The molecule has 0 aliphatic rings. The van der Waals surface area contributed by atoms with Crippen LogP contribution in [-0.2, 0) is 0 Å². The summed E-state index contributed by atoms with van der Waals surface area (Å²) >= 11 is 3.44. The zero-order valence-electron chi connectivity index (χ0n) is 8.87. The molecule has 0 aromatic carbocycles. The molecule has 0 amide bonds. The molecule has 0 saturated carbocycles. The van der Waals surface area contributed by atoms with Gasteiger partial charge in [-0.1, -0.05) is 15.9 Å². The molecule has 0 atom stereocenters. The van der Waals surface area contributed by atoms with Gasteiger partial charge < -0.3 is 4.90 Å². The molecule has 0 aliphatic carbocycles. The van der Waals surface area contributed by atoms with Gasteiger partial charge in [-0.3, -0.25) is 0 Å². The van der Waals surface area contributed by atoms with Crippen LogP contribution < -0.4 is 4.90 Å². The Morgan fingerprint density at radius 2 is 2.21 bits per heavy atom. The van der Waals surface area contributed by atoms with Crippen LogP contribution in [0.2, 0.25) is 0 Å². The summed E-state index contributed by atoms with van der Waals surface area (Å²) in [6, 6.07) is 2.34. The van der Waals surface area contributed by atoms with Crippen molar-refractivity contribution < 1.29 is 0 Å². The van der Waals surface area contributed by atoms with Gasteiger partial charge in [0, 0.05) is 29.8 Å². The highest BCUT2D eigenvalue weighted by atomic mass is 79.9. The summed E-state index contributed by atoms with van der Waals surface area (Å²) in [5.74, 6) is 0.819. The van der Waals surface area contributed by atoms with E-state index in [4.69, 9.17) is 0 Å². The first-order valence-corrected chi connectivity index (χ1v) is 5.89. The lowest BCUT2D eigenvalue weighted by molar-refractivity contribution is 0.683. The standard InChI is InChI=1S/C10H16BrN3/c1-8(2)14(7-5-11)10-12-6-4-9(3)13-10/h4,6,8H,5,7H2,1-3H3. The fourth-order valence-electron chi connectivity index (χ4n) is 1.25. The van der Waals surface area contributed by atoms with Gasteiger partial charge in [0.15, 0.2) is 0 Å². The normalized spacial score (nSPS) is 10.6. The largest absolute Gasteiger partial charge is 0.338 e. The topological polar surface area (TPSA) is 29.0 Å². The number of alkyl halides is 1. The number of hydrogen-bond donors (Lipinski definition) is 0. The fraction of sp³-hybridized carbons (Fsp3) is 0.600. The zero-order valence-corrected chi connectivity index (χ0v) is 10.5. The van der Waals surface area contributed by atoms with Gasteiger partial charge >= 0.3 is 0 Å². The minimum absolute atomic E-state index is 0.425. The molecule has 1 rings (SSSR count).